The van der Waals surface area contributed by atoms with E-state index >= 15 is 0 Å². The average Bonchev–Trinajstić information content (AvgIpc) is 3.25. The molecule has 0 spiro atoms. The smallest absolute Gasteiger partial charge is 0.141 e. The maximum Gasteiger partial charge on any atom is 0.141 e. The molecule has 3 aromatic rings. The second-order valence-electron chi connectivity index (χ2n) is 7.65. The van der Waals surface area contributed by atoms with Gasteiger partial charge in [-0.2, -0.15) is 0 Å². The van der Waals surface area contributed by atoms with Crippen LogP contribution in [0.25, 0.3) is 10.2 Å². The van der Waals surface area contributed by atoms with Crippen molar-refractivity contribution < 1.29 is 0 Å². The minimum absolute atomic E-state index is 0.594. The maximum absolute atomic E-state index is 5.06. The van der Waals surface area contributed by atoms with E-state index in [2.05, 4.69) is 21.5 Å². The fourth-order valence-electron chi connectivity index (χ4n) is 3.97. The van der Waals surface area contributed by atoms with E-state index in [9.17, 15) is 0 Å². The molecular formula is C20H25N5S. The van der Waals surface area contributed by atoms with Gasteiger partial charge in [-0.15, -0.1) is 11.3 Å². The van der Waals surface area contributed by atoms with Crippen molar-refractivity contribution in [1.29, 1.82) is 0 Å². The number of rotatable bonds is 6. The summed E-state index contributed by atoms with van der Waals surface area (Å²) in [6.07, 6.45) is 14.4. The second-order valence-corrected chi connectivity index (χ2v) is 8.73. The van der Waals surface area contributed by atoms with Gasteiger partial charge in [0.15, 0.2) is 0 Å². The molecule has 0 atom stereocenters. The van der Waals surface area contributed by atoms with Crippen molar-refractivity contribution in [2.24, 2.45) is 0 Å². The van der Waals surface area contributed by atoms with Crippen LogP contribution >= 0.6 is 11.3 Å². The Morgan fingerprint density at radius 2 is 2.12 bits per heavy atom. The topological polar surface area (TPSA) is 46.8 Å². The quantitative estimate of drug-likeness (QED) is 0.656. The summed E-state index contributed by atoms with van der Waals surface area (Å²) >= 11 is 1.92. The van der Waals surface area contributed by atoms with Crippen LogP contribution in [0.2, 0.25) is 0 Å². The predicted molar refractivity (Wildman–Crippen MR) is 106 cm³/mol. The first kappa shape index (κ1) is 16.2. The number of imidazole rings is 1. The van der Waals surface area contributed by atoms with Crippen molar-refractivity contribution in [3.63, 3.8) is 0 Å². The van der Waals surface area contributed by atoms with Gasteiger partial charge >= 0.3 is 0 Å². The minimum Gasteiger partial charge on any atom is -0.359 e. The van der Waals surface area contributed by atoms with E-state index in [-0.39, 0.29) is 0 Å². The molecule has 2 aliphatic rings. The summed E-state index contributed by atoms with van der Waals surface area (Å²) < 4.78 is 2.14. The summed E-state index contributed by atoms with van der Waals surface area (Å²) in [6.45, 7) is 1.99. The summed E-state index contributed by atoms with van der Waals surface area (Å²) in [4.78, 5) is 19.3. The molecule has 136 valence electrons. The largest absolute Gasteiger partial charge is 0.359 e. The second kappa shape index (κ2) is 6.65. The van der Waals surface area contributed by atoms with Crippen LogP contribution in [-0.2, 0) is 19.4 Å². The molecule has 6 heteroatoms. The van der Waals surface area contributed by atoms with E-state index in [1.165, 1.54) is 60.1 Å². The molecule has 0 aromatic carbocycles. The van der Waals surface area contributed by atoms with Crippen LogP contribution < -0.4 is 4.90 Å². The molecule has 2 aliphatic carbocycles. The Labute approximate surface area is 158 Å². The lowest BCUT2D eigenvalue weighted by Crippen LogP contribution is -2.22. The zero-order chi connectivity index (χ0) is 17.5. The highest BCUT2D eigenvalue weighted by molar-refractivity contribution is 7.19. The standard InChI is InChI=1S/C20H25N5S/c1-24(10-4-11-25-12-9-21-13-25)19-17-15-5-2-3-6-16(15)26-20(17)23-18(22-19)14-7-8-14/h9,12-14H,2-8,10-11H2,1H3. The summed E-state index contributed by atoms with van der Waals surface area (Å²) in [5.74, 6) is 2.84. The van der Waals surface area contributed by atoms with Crippen molar-refractivity contribution in [3.8, 4) is 0 Å². The molecular weight excluding hydrogens is 342 g/mol. The molecule has 26 heavy (non-hydrogen) atoms. The Kier molecular flexibility index (Phi) is 4.15. The predicted octanol–water partition coefficient (Wildman–Crippen LogP) is 4.17. The molecule has 0 unspecified atom stereocenters. The van der Waals surface area contributed by atoms with Crippen LogP contribution in [0.3, 0.4) is 0 Å². The first-order chi connectivity index (χ1) is 12.8. The third-order valence-electron chi connectivity index (χ3n) is 5.59. The number of nitrogens with zero attached hydrogens (tertiary/aromatic N) is 5. The maximum atomic E-state index is 5.06. The van der Waals surface area contributed by atoms with Crippen LogP contribution in [0, 0.1) is 0 Å². The first-order valence-electron chi connectivity index (χ1n) is 9.78. The van der Waals surface area contributed by atoms with E-state index in [0.717, 1.165) is 25.3 Å². The molecule has 5 nitrogen and oxygen atoms in total. The number of thiophene rings is 1. The van der Waals surface area contributed by atoms with Crippen LogP contribution in [0.5, 0.6) is 0 Å². The highest BCUT2D eigenvalue weighted by Gasteiger charge is 2.30. The lowest BCUT2D eigenvalue weighted by molar-refractivity contribution is 0.635. The lowest BCUT2D eigenvalue weighted by atomic mass is 9.97. The molecule has 5 rings (SSSR count). The first-order valence-corrected chi connectivity index (χ1v) is 10.6. The van der Waals surface area contributed by atoms with Crippen LogP contribution in [0.1, 0.15) is 54.3 Å². The third-order valence-corrected chi connectivity index (χ3v) is 6.77. The molecule has 0 N–H and O–H groups in total. The normalized spacial score (nSPS) is 16.8. The Morgan fingerprint density at radius 3 is 2.92 bits per heavy atom. The van der Waals surface area contributed by atoms with Gasteiger partial charge in [0.25, 0.3) is 0 Å². The summed E-state index contributed by atoms with van der Waals surface area (Å²) in [7, 11) is 2.19. The molecule has 0 saturated heterocycles. The van der Waals surface area contributed by atoms with Gasteiger partial charge in [0.1, 0.15) is 16.5 Å². The van der Waals surface area contributed by atoms with Crippen LogP contribution in [0.4, 0.5) is 5.82 Å². The van der Waals surface area contributed by atoms with Gasteiger partial charge in [0.05, 0.1) is 11.7 Å². The highest BCUT2D eigenvalue weighted by Crippen LogP contribution is 2.43. The minimum atomic E-state index is 0.594. The Bertz CT molecular complexity index is 910. The Balaban J connectivity index is 1.46. The highest BCUT2D eigenvalue weighted by atomic mass is 32.1. The van der Waals surface area contributed by atoms with E-state index in [4.69, 9.17) is 9.97 Å². The number of aromatic nitrogens is 4. The van der Waals surface area contributed by atoms with Crippen molar-refractivity contribution in [2.45, 2.75) is 57.4 Å². The molecule has 3 heterocycles. The molecule has 0 amide bonds. The number of fused-ring (bicyclic) bond motifs is 3. The molecule has 0 aliphatic heterocycles. The summed E-state index contributed by atoms with van der Waals surface area (Å²) in [5, 5.41) is 1.35. The Morgan fingerprint density at radius 1 is 1.23 bits per heavy atom. The van der Waals surface area contributed by atoms with Gasteiger partial charge in [-0.1, -0.05) is 0 Å². The van der Waals surface area contributed by atoms with Gasteiger partial charge in [-0.05, 0) is 50.5 Å². The van der Waals surface area contributed by atoms with Gasteiger partial charge in [-0.3, -0.25) is 0 Å². The molecule has 0 radical (unpaired) electrons. The number of aryl methyl sites for hydroxylation is 3. The summed E-state index contributed by atoms with van der Waals surface area (Å²) in [6, 6.07) is 0. The lowest BCUT2D eigenvalue weighted by Gasteiger charge is -2.21. The number of hydrogen-bond acceptors (Lipinski definition) is 5. The Hall–Kier alpha value is -1.95. The monoisotopic (exact) mass is 367 g/mol. The SMILES string of the molecule is CN(CCCn1ccnc1)c1nc(C2CC2)nc2sc3c(c12)CCCC3. The van der Waals surface area contributed by atoms with Crippen LogP contribution in [-0.4, -0.2) is 33.1 Å². The molecule has 1 fully saturated rings. The van der Waals surface area contributed by atoms with Crippen molar-refractivity contribution >= 4 is 27.4 Å². The van der Waals surface area contributed by atoms with E-state index in [1.807, 2.05) is 30.1 Å². The zero-order valence-electron chi connectivity index (χ0n) is 15.3. The van der Waals surface area contributed by atoms with Crippen LogP contribution in [0.15, 0.2) is 18.7 Å². The number of hydrogen-bond donors (Lipinski definition) is 0. The van der Waals surface area contributed by atoms with Crippen molar-refractivity contribution in [3.05, 3.63) is 35.0 Å². The van der Waals surface area contributed by atoms with E-state index in [1.54, 1.807) is 4.88 Å². The van der Waals surface area contributed by atoms with E-state index < -0.39 is 0 Å². The zero-order valence-corrected chi connectivity index (χ0v) is 16.1. The average molecular weight is 368 g/mol. The van der Waals surface area contributed by atoms with Gasteiger partial charge in [0.2, 0.25) is 0 Å². The third kappa shape index (κ3) is 3.00. The summed E-state index contributed by atoms with van der Waals surface area (Å²) in [5.41, 5.74) is 1.54. The molecule has 1 saturated carbocycles. The van der Waals surface area contributed by atoms with Gasteiger partial charge in [-0.25, -0.2) is 15.0 Å². The van der Waals surface area contributed by atoms with Crippen molar-refractivity contribution in [1.82, 2.24) is 19.5 Å². The molecule has 3 aromatic heterocycles. The fourth-order valence-corrected chi connectivity index (χ4v) is 5.23. The molecule has 0 bridgehead atoms. The van der Waals surface area contributed by atoms with Crippen molar-refractivity contribution in [2.75, 3.05) is 18.5 Å². The van der Waals surface area contributed by atoms with E-state index in [0.29, 0.717) is 5.92 Å². The number of anilines is 1. The van der Waals surface area contributed by atoms with Gasteiger partial charge in [0, 0.05) is 43.3 Å². The van der Waals surface area contributed by atoms with Gasteiger partial charge < -0.3 is 9.47 Å². The fraction of sp³-hybridized carbons (Fsp3) is 0.550.